The molecule has 2 heterocycles. The summed E-state index contributed by atoms with van der Waals surface area (Å²) < 4.78 is 21.9. The molecule has 0 fully saturated rings. The summed E-state index contributed by atoms with van der Waals surface area (Å²) in [4.78, 5) is 11.5. The Hall–Kier alpha value is -3.41. The third-order valence-electron chi connectivity index (χ3n) is 4.38. The molecule has 2 aliphatic rings. The molecule has 3 aromatic carbocycles. The van der Waals surface area contributed by atoms with E-state index in [9.17, 15) is 9.90 Å². The lowest BCUT2D eigenvalue weighted by Gasteiger charge is -2.12. The fourth-order valence-corrected chi connectivity index (χ4v) is 3.24. The summed E-state index contributed by atoms with van der Waals surface area (Å²) in [7, 11) is 0. The molecule has 0 atom stereocenters. The third kappa shape index (κ3) is 2.07. The number of carboxylic acid groups (broad SMARTS) is 1. The van der Waals surface area contributed by atoms with Crippen LogP contribution >= 0.6 is 0 Å². The predicted molar refractivity (Wildman–Crippen MR) is 88.6 cm³/mol. The Labute approximate surface area is 142 Å². The molecule has 0 saturated heterocycles. The number of hydrogen-bond acceptors (Lipinski definition) is 5. The Morgan fingerprint density at radius 3 is 2.48 bits per heavy atom. The van der Waals surface area contributed by atoms with Crippen LogP contribution in [0.3, 0.4) is 0 Å². The van der Waals surface area contributed by atoms with Crippen molar-refractivity contribution in [2.24, 2.45) is 0 Å². The highest BCUT2D eigenvalue weighted by atomic mass is 16.7. The highest BCUT2D eigenvalue weighted by Crippen LogP contribution is 2.45. The minimum atomic E-state index is -0.985. The number of carbonyl (C=O) groups is 1. The van der Waals surface area contributed by atoms with E-state index < -0.39 is 5.97 Å². The number of aromatic carboxylic acids is 1. The smallest absolute Gasteiger partial charge is 0.335 e. The van der Waals surface area contributed by atoms with Crippen molar-refractivity contribution in [2.75, 3.05) is 13.6 Å². The molecule has 124 valence electrons. The van der Waals surface area contributed by atoms with E-state index in [1.807, 2.05) is 24.3 Å². The van der Waals surface area contributed by atoms with Gasteiger partial charge in [0, 0.05) is 5.39 Å². The maximum absolute atomic E-state index is 11.5. The van der Waals surface area contributed by atoms with E-state index in [0.29, 0.717) is 23.0 Å². The second kappa shape index (κ2) is 5.04. The lowest BCUT2D eigenvalue weighted by atomic mass is 9.94. The average molecular weight is 336 g/mol. The standard InChI is InChI=1S/C19H12O6/c20-19(21)12-5-11-2-4-15-18(25-9-23-15)17(11)13(6-12)10-1-3-14-16(7-10)24-8-22-14/h1-7H,8-9H2,(H,20,21). The third-order valence-corrected chi connectivity index (χ3v) is 4.38. The number of ether oxygens (including phenoxy) is 4. The molecule has 0 aromatic heterocycles. The zero-order chi connectivity index (χ0) is 17.0. The van der Waals surface area contributed by atoms with Crippen LogP contribution < -0.4 is 18.9 Å². The van der Waals surface area contributed by atoms with Crippen LogP contribution in [0.5, 0.6) is 23.0 Å². The van der Waals surface area contributed by atoms with Crippen LogP contribution in [0.15, 0.2) is 42.5 Å². The van der Waals surface area contributed by atoms with Crippen molar-refractivity contribution in [2.45, 2.75) is 0 Å². The van der Waals surface area contributed by atoms with Gasteiger partial charge in [0.25, 0.3) is 0 Å². The molecule has 25 heavy (non-hydrogen) atoms. The molecule has 0 saturated carbocycles. The predicted octanol–water partition coefficient (Wildman–Crippen LogP) is 3.66. The molecule has 0 amide bonds. The zero-order valence-electron chi connectivity index (χ0n) is 12.9. The molecule has 6 nitrogen and oxygen atoms in total. The lowest BCUT2D eigenvalue weighted by Crippen LogP contribution is -1.98. The van der Waals surface area contributed by atoms with Crippen molar-refractivity contribution in [3.05, 3.63) is 48.0 Å². The van der Waals surface area contributed by atoms with Crippen LogP contribution in [0.1, 0.15) is 10.4 Å². The average Bonchev–Trinajstić information content (AvgIpc) is 3.28. The molecule has 1 N–H and O–H groups in total. The van der Waals surface area contributed by atoms with Crippen LogP contribution in [-0.2, 0) is 0 Å². The molecule has 5 rings (SSSR count). The number of carboxylic acids is 1. The van der Waals surface area contributed by atoms with Gasteiger partial charge in [-0.25, -0.2) is 4.79 Å². The van der Waals surface area contributed by atoms with E-state index >= 15 is 0 Å². The van der Waals surface area contributed by atoms with Gasteiger partial charge >= 0.3 is 5.97 Å². The first kappa shape index (κ1) is 14.0. The molecular weight excluding hydrogens is 324 g/mol. The van der Waals surface area contributed by atoms with E-state index in [0.717, 1.165) is 21.9 Å². The highest BCUT2D eigenvalue weighted by Gasteiger charge is 2.22. The highest BCUT2D eigenvalue weighted by molar-refractivity contribution is 6.06. The van der Waals surface area contributed by atoms with Gasteiger partial charge in [-0.3, -0.25) is 0 Å². The van der Waals surface area contributed by atoms with Crippen LogP contribution in [-0.4, -0.2) is 24.7 Å². The molecule has 6 heteroatoms. The van der Waals surface area contributed by atoms with Gasteiger partial charge in [0.1, 0.15) is 0 Å². The lowest BCUT2D eigenvalue weighted by molar-refractivity contribution is 0.0697. The minimum absolute atomic E-state index is 0.149. The van der Waals surface area contributed by atoms with Gasteiger partial charge in [-0.15, -0.1) is 0 Å². The molecule has 0 bridgehead atoms. The molecule has 0 unspecified atom stereocenters. The van der Waals surface area contributed by atoms with Crippen LogP contribution in [0.2, 0.25) is 0 Å². The Bertz CT molecular complexity index is 1040. The van der Waals surface area contributed by atoms with Gasteiger partial charge in [-0.2, -0.15) is 0 Å². The van der Waals surface area contributed by atoms with E-state index in [1.54, 1.807) is 18.2 Å². The van der Waals surface area contributed by atoms with Crippen molar-refractivity contribution >= 4 is 16.7 Å². The largest absolute Gasteiger partial charge is 0.478 e. The quantitative estimate of drug-likeness (QED) is 0.770. The molecule has 0 radical (unpaired) electrons. The van der Waals surface area contributed by atoms with E-state index in [-0.39, 0.29) is 19.1 Å². The van der Waals surface area contributed by atoms with Crippen molar-refractivity contribution < 1.29 is 28.8 Å². The topological polar surface area (TPSA) is 74.2 Å². The summed E-state index contributed by atoms with van der Waals surface area (Å²) in [5.74, 6) is 1.60. The van der Waals surface area contributed by atoms with Gasteiger partial charge in [-0.1, -0.05) is 12.1 Å². The zero-order valence-corrected chi connectivity index (χ0v) is 12.9. The normalized spacial score (nSPS) is 14.1. The van der Waals surface area contributed by atoms with Crippen LogP contribution in [0.25, 0.3) is 21.9 Å². The molecule has 0 aliphatic carbocycles. The monoisotopic (exact) mass is 336 g/mol. The van der Waals surface area contributed by atoms with E-state index in [2.05, 4.69) is 0 Å². The van der Waals surface area contributed by atoms with E-state index in [4.69, 9.17) is 18.9 Å². The Kier molecular flexibility index (Phi) is 2.82. The summed E-state index contributed by atoms with van der Waals surface area (Å²) in [6.07, 6.45) is 0. The molecule has 2 aliphatic heterocycles. The second-order valence-corrected chi connectivity index (χ2v) is 5.79. The fourth-order valence-electron chi connectivity index (χ4n) is 3.24. The number of rotatable bonds is 2. The SMILES string of the molecule is O=C(O)c1cc(-c2ccc3c(c2)OCO3)c2c3c(ccc2c1)OCO3. The second-order valence-electron chi connectivity index (χ2n) is 5.79. The summed E-state index contributed by atoms with van der Waals surface area (Å²) in [5, 5.41) is 11.1. The number of fused-ring (bicyclic) bond motifs is 4. The van der Waals surface area contributed by atoms with E-state index in [1.165, 1.54) is 0 Å². The summed E-state index contributed by atoms with van der Waals surface area (Å²) in [6.45, 7) is 0.330. The Morgan fingerprint density at radius 2 is 1.60 bits per heavy atom. The minimum Gasteiger partial charge on any atom is -0.478 e. The molecule has 3 aromatic rings. The van der Waals surface area contributed by atoms with Crippen molar-refractivity contribution in [3.8, 4) is 34.1 Å². The Morgan fingerprint density at radius 1 is 0.840 bits per heavy atom. The van der Waals surface area contributed by atoms with Gasteiger partial charge in [0.2, 0.25) is 13.6 Å². The molecule has 0 spiro atoms. The maximum Gasteiger partial charge on any atom is 0.335 e. The summed E-state index contributed by atoms with van der Waals surface area (Å²) in [5.41, 5.74) is 1.77. The number of hydrogen-bond donors (Lipinski definition) is 1. The van der Waals surface area contributed by atoms with Gasteiger partial charge in [0.15, 0.2) is 23.0 Å². The van der Waals surface area contributed by atoms with Gasteiger partial charge < -0.3 is 24.1 Å². The first-order valence-corrected chi connectivity index (χ1v) is 7.70. The first-order chi connectivity index (χ1) is 12.2. The van der Waals surface area contributed by atoms with Crippen molar-refractivity contribution in [1.82, 2.24) is 0 Å². The van der Waals surface area contributed by atoms with Gasteiger partial charge in [0.05, 0.1) is 5.56 Å². The molecular formula is C19H12O6. The van der Waals surface area contributed by atoms with Crippen LogP contribution in [0.4, 0.5) is 0 Å². The summed E-state index contributed by atoms with van der Waals surface area (Å²) in [6, 6.07) is 12.4. The van der Waals surface area contributed by atoms with Gasteiger partial charge in [-0.05, 0) is 46.8 Å². The number of benzene rings is 3. The Balaban J connectivity index is 1.83. The summed E-state index contributed by atoms with van der Waals surface area (Å²) >= 11 is 0. The first-order valence-electron chi connectivity index (χ1n) is 7.70. The maximum atomic E-state index is 11.5. The van der Waals surface area contributed by atoms with Crippen molar-refractivity contribution in [1.29, 1.82) is 0 Å². The van der Waals surface area contributed by atoms with Crippen LogP contribution in [0, 0.1) is 0 Å². The fraction of sp³-hybridized carbons (Fsp3) is 0.105. The van der Waals surface area contributed by atoms with Crippen molar-refractivity contribution in [3.63, 3.8) is 0 Å².